The Bertz CT molecular complexity index is 1520. The molecule has 0 unspecified atom stereocenters. The molecular formula is C24H18N4O5S. The number of nitrogens with one attached hydrogen (secondary N) is 2. The number of carbonyl (C=O) groups is 1. The second kappa shape index (κ2) is 8.83. The van der Waals surface area contributed by atoms with Gasteiger partial charge in [0, 0.05) is 23.5 Å². The molecule has 1 aromatic heterocycles. The molecule has 0 saturated heterocycles. The zero-order valence-electron chi connectivity index (χ0n) is 17.6. The summed E-state index contributed by atoms with van der Waals surface area (Å²) in [4.78, 5) is 20.9. The highest BCUT2D eigenvalue weighted by Gasteiger charge is 2.16. The lowest BCUT2D eigenvalue weighted by atomic mass is 10.1. The minimum absolute atomic E-state index is 0.0634. The first-order valence-corrected chi connectivity index (χ1v) is 11.7. The number of ketones is 1. The van der Waals surface area contributed by atoms with E-state index in [4.69, 9.17) is 9.47 Å². The maximum absolute atomic E-state index is 12.7. The number of nitrogens with zero attached hydrogens (tertiary/aromatic N) is 2. The summed E-state index contributed by atoms with van der Waals surface area (Å²) in [5.74, 6) is 1.06. The Morgan fingerprint density at radius 2 is 1.71 bits per heavy atom. The van der Waals surface area contributed by atoms with Gasteiger partial charge >= 0.3 is 0 Å². The molecule has 0 bridgehead atoms. The lowest BCUT2D eigenvalue weighted by Gasteiger charge is -2.08. The van der Waals surface area contributed by atoms with E-state index in [9.17, 15) is 13.2 Å². The molecule has 0 atom stereocenters. The van der Waals surface area contributed by atoms with Crippen LogP contribution in [0.15, 0.2) is 90.1 Å². The number of sulfonamides is 1. The first kappa shape index (κ1) is 21.4. The van der Waals surface area contributed by atoms with Crippen LogP contribution in [0, 0.1) is 0 Å². The van der Waals surface area contributed by atoms with Crippen LogP contribution >= 0.6 is 0 Å². The Kier molecular flexibility index (Phi) is 5.56. The van der Waals surface area contributed by atoms with E-state index in [2.05, 4.69) is 20.0 Å². The molecule has 2 heterocycles. The minimum Gasteiger partial charge on any atom is -0.454 e. The summed E-state index contributed by atoms with van der Waals surface area (Å²) in [7, 11) is -3.85. The molecule has 0 amide bonds. The molecule has 0 spiro atoms. The number of para-hydroxylation sites is 2. The van der Waals surface area contributed by atoms with Crippen LogP contribution in [0.2, 0.25) is 0 Å². The monoisotopic (exact) mass is 474 g/mol. The smallest absolute Gasteiger partial charge is 0.263 e. The summed E-state index contributed by atoms with van der Waals surface area (Å²) in [5, 5.41) is 2.95. The van der Waals surface area contributed by atoms with Crippen molar-refractivity contribution in [2.24, 2.45) is 0 Å². The summed E-state index contributed by atoms with van der Waals surface area (Å²) in [6.45, 7) is 0.140. The number of allylic oxidation sites excluding steroid dienone is 1. The number of hydrogen-bond donors (Lipinski definition) is 2. The molecule has 9 nitrogen and oxygen atoms in total. The van der Waals surface area contributed by atoms with Crippen molar-refractivity contribution in [1.29, 1.82) is 0 Å². The summed E-state index contributed by atoms with van der Waals surface area (Å²) < 4.78 is 38.4. The van der Waals surface area contributed by atoms with E-state index >= 15 is 0 Å². The van der Waals surface area contributed by atoms with Gasteiger partial charge in [0.15, 0.2) is 23.1 Å². The van der Waals surface area contributed by atoms with Crippen LogP contribution in [0.5, 0.6) is 11.5 Å². The molecular weight excluding hydrogens is 456 g/mol. The molecule has 0 fully saturated rings. The predicted octanol–water partition coefficient (Wildman–Crippen LogP) is 3.97. The van der Waals surface area contributed by atoms with Crippen LogP contribution in [0.1, 0.15) is 10.4 Å². The minimum atomic E-state index is -3.85. The number of carbonyl (C=O) groups excluding carboxylic acids is 1. The number of fused-ring (bicyclic) bond motifs is 2. The van der Waals surface area contributed by atoms with Gasteiger partial charge in [-0.3, -0.25) is 14.5 Å². The number of hydrogen-bond acceptors (Lipinski definition) is 8. The Balaban J connectivity index is 1.23. The maximum Gasteiger partial charge on any atom is 0.263 e. The number of anilines is 2. The highest BCUT2D eigenvalue weighted by Crippen LogP contribution is 2.32. The Hall–Kier alpha value is -4.44. The van der Waals surface area contributed by atoms with Gasteiger partial charge in [-0.25, -0.2) is 13.4 Å². The van der Waals surface area contributed by atoms with Crippen molar-refractivity contribution in [2.45, 2.75) is 4.90 Å². The van der Waals surface area contributed by atoms with E-state index in [1.165, 1.54) is 30.6 Å². The number of rotatable bonds is 7. The van der Waals surface area contributed by atoms with Gasteiger partial charge in [0.05, 0.1) is 22.1 Å². The Morgan fingerprint density at radius 1 is 0.941 bits per heavy atom. The molecule has 0 radical (unpaired) electrons. The molecule has 10 heteroatoms. The zero-order chi connectivity index (χ0) is 23.5. The van der Waals surface area contributed by atoms with E-state index in [0.29, 0.717) is 33.8 Å². The summed E-state index contributed by atoms with van der Waals surface area (Å²) >= 11 is 0. The van der Waals surface area contributed by atoms with Crippen LogP contribution in [-0.2, 0) is 10.0 Å². The van der Waals surface area contributed by atoms with Crippen molar-refractivity contribution in [2.75, 3.05) is 16.8 Å². The third-order valence-corrected chi connectivity index (χ3v) is 6.36. The second-order valence-electron chi connectivity index (χ2n) is 7.28. The molecule has 5 rings (SSSR count). The highest BCUT2D eigenvalue weighted by molar-refractivity contribution is 7.92. The molecule has 170 valence electrons. The first-order chi connectivity index (χ1) is 16.5. The van der Waals surface area contributed by atoms with Gasteiger partial charge in [-0.05, 0) is 54.6 Å². The summed E-state index contributed by atoms with van der Waals surface area (Å²) in [6, 6.07) is 18.2. The van der Waals surface area contributed by atoms with Crippen molar-refractivity contribution >= 4 is 38.3 Å². The highest BCUT2D eigenvalue weighted by atomic mass is 32.2. The standard InChI is InChI=1S/C24H18N4O5S/c29-21(16-5-10-22-23(13-16)33-15-32-22)11-12-25-17-6-8-18(9-7-17)34(30,31)28-24-14-26-19-3-1-2-4-20(19)27-24/h1-14,25H,15H2,(H,27,28)/b12-11+. The van der Waals surface area contributed by atoms with Crippen molar-refractivity contribution in [1.82, 2.24) is 9.97 Å². The molecule has 4 aromatic rings. The van der Waals surface area contributed by atoms with Crippen LogP contribution in [0.4, 0.5) is 11.5 Å². The van der Waals surface area contributed by atoms with Gasteiger partial charge in [0.1, 0.15) is 0 Å². The van der Waals surface area contributed by atoms with E-state index < -0.39 is 10.0 Å². The van der Waals surface area contributed by atoms with Gasteiger partial charge in [-0.15, -0.1) is 0 Å². The third-order valence-electron chi connectivity index (χ3n) is 4.99. The first-order valence-electron chi connectivity index (χ1n) is 10.2. The lowest BCUT2D eigenvalue weighted by molar-refractivity contribution is 0.104. The molecule has 3 aromatic carbocycles. The normalized spacial score (nSPS) is 12.7. The van der Waals surface area contributed by atoms with Gasteiger partial charge < -0.3 is 14.8 Å². The van der Waals surface area contributed by atoms with E-state index in [0.717, 1.165) is 0 Å². The predicted molar refractivity (Wildman–Crippen MR) is 126 cm³/mol. The van der Waals surface area contributed by atoms with Gasteiger partial charge in [-0.1, -0.05) is 12.1 Å². The van der Waals surface area contributed by atoms with E-state index in [1.807, 2.05) is 6.07 Å². The van der Waals surface area contributed by atoms with Crippen molar-refractivity contribution < 1.29 is 22.7 Å². The fourth-order valence-electron chi connectivity index (χ4n) is 3.29. The molecule has 1 aliphatic heterocycles. The fraction of sp³-hybridized carbons (Fsp3) is 0.0417. The maximum atomic E-state index is 12.7. The lowest BCUT2D eigenvalue weighted by Crippen LogP contribution is -2.14. The quantitative estimate of drug-likeness (QED) is 0.305. The van der Waals surface area contributed by atoms with Crippen molar-refractivity contribution in [3.63, 3.8) is 0 Å². The third kappa shape index (κ3) is 4.52. The average Bonchev–Trinajstić information content (AvgIpc) is 3.32. The van der Waals surface area contributed by atoms with Crippen LogP contribution in [-0.4, -0.2) is 31.0 Å². The SMILES string of the molecule is O=C(/C=C/Nc1ccc(S(=O)(=O)Nc2cnc3ccccc3n2)cc1)c1ccc2c(c1)OCO2. The van der Waals surface area contributed by atoms with E-state index in [1.54, 1.807) is 48.5 Å². The fourth-order valence-corrected chi connectivity index (χ4v) is 4.28. The Labute approximate surface area is 195 Å². The molecule has 0 saturated carbocycles. The van der Waals surface area contributed by atoms with Crippen LogP contribution in [0.3, 0.4) is 0 Å². The molecule has 34 heavy (non-hydrogen) atoms. The van der Waals surface area contributed by atoms with Crippen LogP contribution in [0.25, 0.3) is 11.0 Å². The van der Waals surface area contributed by atoms with Crippen molar-refractivity contribution in [3.8, 4) is 11.5 Å². The molecule has 0 aliphatic carbocycles. The van der Waals surface area contributed by atoms with E-state index in [-0.39, 0.29) is 23.3 Å². The van der Waals surface area contributed by atoms with Crippen molar-refractivity contribution in [3.05, 3.63) is 90.8 Å². The topological polar surface area (TPSA) is 120 Å². The Morgan fingerprint density at radius 3 is 2.53 bits per heavy atom. The average molecular weight is 474 g/mol. The van der Waals surface area contributed by atoms with Crippen LogP contribution < -0.4 is 19.5 Å². The summed E-state index contributed by atoms with van der Waals surface area (Å²) in [6.07, 6.45) is 4.24. The number of ether oxygens (including phenoxy) is 2. The second-order valence-corrected chi connectivity index (χ2v) is 8.97. The number of aromatic nitrogens is 2. The molecule has 2 N–H and O–H groups in total. The van der Waals surface area contributed by atoms with Gasteiger partial charge in [0.25, 0.3) is 10.0 Å². The summed E-state index contributed by atoms with van der Waals surface area (Å²) in [5.41, 5.74) is 2.33. The largest absolute Gasteiger partial charge is 0.454 e. The number of benzene rings is 3. The van der Waals surface area contributed by atoms with Gasteiger partial charge in [0.2, 0.25) is 6.79 Å². The zero-order valence-corrected chi connectivity index (χ0v) is 18.5. The van der Waals surface area contributed by atoms with Gasteiger partial charge in [-0.2, -0.15) is 0 Å². The molecule has 1 aliphatic rings.